The molecule has 144 valence electrons. The SMILES string of the molecule is CC[C@H](C)Cc1c(C)sc2nc(SCC(=O)N[C@@H](C)COC)[nH]c(=O)c12. The fraction of sp³-hybridized carbons (Fsp3) is 0.611. The number of aryl methyl sites for hydroxylation is 1. The predicted octanol–water partition coefficient (Wildman–Crippen LogP) is 3.12. The number of H-pyrrole nitrogens is 1. The van der Waals surface area contributed by atoms with Gasteiger partial charge >= 0.3 is 0 Å². The van der Waals surface area contributed by atoms with Gasteiger partial charge in [-0.05, 0) is 31.7 Å². The Hall–Kier alpha value is -1.38. The van der Waals surface area contributed by atoms with Crippen LogP contribution in [0.2, 0.25) is 0 Å². The monoisotopic (exact) mass is 397 g/mol. The first-order valence-corrected chi connectivity index (χ1v) is 10.6. The molecule has 2 atom stereocenters. The lowest BCUT2D eigenvalue weighted by molar-refractivity contribution is -0.119. The molecule has 2 rings (SSSR count). The number of hydrogen-bond donors (Lipinski definition) is 2. The smallest absolute Gasteiger partial charge is 0.260 e. The number of aromatic nitrogens is 2. The summed E-state index contributed by atoms with van der Waals surface area (Å²) in [6, 6.07) is -0.0503. The Morgan fingerprint density at radius 3 is 2.81 bits per heavy atom. The summed E-state index contributed by atoms with van der Waals surface area (Å²) in [5.74, 6) is 0.618. The van der Waals surface area contributed by atoms with Crippen LogP contribution in [0, 0.1) is 12.8 Å². The summed E-state index contributed by atoms with van der Waals surface area (Å²) in [6.07, 6.45) is 1.96. The molecule has 8 heteroatoms. The minimum absolute atomic E-state index is 0.0503. The third kappa shape index (κ3) is 5.31. The van der Waals surface area contributed by atoms with E-state index in [1.807, 2.05) is 13.8 Å². The first kappa shape index (κ1) is 20.9. The van der Waals surface area contributed by atoms with Crippen LogP contribution in [-0.4, -0.2) is 41.4 Å². The van der Waals surface area contributed by atoms with Crippen molar-refractivity contribution < 1.29 is 9.53 Å². The average molecular weight is 398 g/mol. The maximum Gasteiger partial charge on any atom is 0.260 e. The predicted molar refractivity (Wildman–Crippen MR) is 108 cm³/mol. The molecule has 0 fully saturated rings. The number of nitrogens with one attached hydrogen (secondary N) is 2. The molecule has 0 aliphatic rings. The van der Waals surface area contributed by atoms with Gasteiger partial charge in [0, 0.05) is 18.0 Å². The van der Waals surface area contributed by atoms with Crippen LogP contribution >= 0.6 is 23.1 Å². The van der Waals surface area contributed by atoms with Crippen molar-refractivity contribution in [1.29, 1.82) is 0 Å². The normalized spacial score (nSPS) is 13.7. The molecule has 0 aliphatic carbocycles. The molecule has 0 bridgehead atoms. The van der Waals surface area contributed by atoms with E-state index < -0.39 is 0 Å². The number of aromatic amines is 1. The van der Waals surface area contributed by atoms with E-state index in [4.69, 9.17) is 4.74 Å². The van der Waals surface area contributed by atoms with E-state index in [-0.39, 0.29) is 23.3 Å². The lowest BCUT2D eigenvalue weighted by atomic mass is 9.98. The lowest BCUT2D eigenvalue weighted by Gasteiger charge is -2.12. The molecular weight excluding hydrogens is 370 g/mol. The highest BCUT2D eigenvalue weighted by Crippen LogP contribution is 2.30. The van der Waals surface area contributed by atoms with Gasteiger partial charge in [-0.3, -0.25) is 9.59 Å². The highest BCUT2D eigenvalue weighted by molar-refractivity contribution is 7.99. The zero-order chi connectivity index (χ0) is 19.3. The highest BCUT2D eigenvalue weighted by Gasteiger charge is 2.17. The van der Waals surface area contributed by atoms with Crippen molar-refractivity contribution in [3.05, 3.63) is 20.8 Å². The zero-order valence-corrected chi connectivity index (χ0v) is 17.6. The fourth-order valence-corrected chi connectivity index (χ4v) is 4.49. The van der Waals surface area contributed by atoms with E-state index in [2.05, 4.69) is 29.1 Å². The highest BCUT2D eigenvalue weighted by atomic mass is 32.2. The number of hydrogen-bond acceptors (Lipinski definition) is 6. The van der Waals surface area contributed by atoms with Gasteiger partial charge in [-0.2, -0.15) is 0 Å². The first-order valence-electron chi connectivity index (χ1n) is 8.79. The second kappa shape index (κ2) is 9.53. The van der Waals surface area contributed by atoms with Crippen LogP contribution in [0.1, 0.15) is 37.6 Å². The third-order valence-electron chi connectivity index (χ3n) is 4.25. The second-order valence-electron chi connectivity index (χ2n) is 6.62. The third-order valence-corrected chi connectivity index (χ3v) is 6.17. The lowest BCUT2D eigenvalue weighted by Crippen LogP contribution is -2.36. The number of amides is 1. The number of fused-ring (bicyclic) bond motifs is 1. The minimum Gasteiger partial charge on any atom is -0.383 e. The van der Waals surface area contributed by atoms with Crippen molar-refractivity contribution in [2.75, 3.05) is 19.5 Å². The van der Waals surface area contributed by atoms with Gasteiger partial charge in [-0.15, -0.1) is 11.3 Å². The molecular formula is C18H27N3O3S2. The number of carbonyl (C=O) groups is 1. The molecule has 0 aromatic carbocycles. The van der Waals surface area contributed by atoms with Crippen molar-refractivity contribution in [1.82, 2.24) is 15.3 Å². The molecule has 0 aliphatic heterocycles. The molecule has 2 aromatic heterocycles. The summed E-state index contributed by atoms with van der Waals surface area (Å²) >= 11 is 2.79. The largest absolute Gasteiger partial charge is 0.383 e. The van der Waals surface area contributed by atoms with Crippen LogP contribution < -0.4 is 10.9 Å². The van der Waals surface area contributed by atoms with E-state index in [9.17, 15) is 9.59 Å². The maximum atomic E-state index is 12.6. The van der Waals surface area contributed by atoms with Gasteiger partial charge in [-0.1, -0.05) is 32.0 Å². The molecule has 0 unspecified atom stereocenters. The van der Waals surface area contributed by atoms with E-state index in [1.54, 1.807) is 18.4 Å². The van der Waals surface area contributed by atoms with Gasteiger partial charge in [0.2, 0.25) is 5.91 Å². The van der Waals surface area contributed by atoms with Crippen LogP contribution in [0.25, 0.3) is 10.2 Å². The molecule has 2 aromatic rings. The number of nitrogens with zero attached hydrogens (tertiary/aromatic N) is 1. The quantitative estimate of drug-likeness (QED) is 0.502. The number of rotatable bonds is 9. The van der Waals surface area contributed by atoms with Crippen molar-refractivity contribution in [3.8, 4) is 0 Å². The van der Waals surface area contributed by atoms with Crippen LogP contribution in [0.3, 0.4) is 0 Å². The van der Waals surface area contributed by atoms with Crippen molar-refractivity contribution in [2.45, 2.75) is 51.7 Å². The van der Waals surface area contributed by atoms with Gasteiger partial charge in [0.25, 0.3) is 5.56 Å². The molecule has 0 radical (unpaired) electrons. The molecule has 0 saturated heterocycles. The number of carbonyl (C=O) groups excluding carboxylic acids is 1. The number of methoxy groups -OCH3 is 1. The van der Waals surface area contributed by atoms with Gasteiger partial charge in [0.1, 0.15) is 4.83 Å². The van der Waals surface area contributed by atoms with E-state index in [1.165, 1.54) is 11.8 Å². The Bertz CT molecular complexity index is 816. The van der Waals surface area contributed by atoms with Crippen molar-refractivity contribution in [3.63, 3.8) is 0 Å². The molecule has 1 amide bonds. The Morgan fingerprint density at radius 2 is 2.15 bits per heavy atom. The molecule has 6 nitrogen and oxygen atoms in total. The van der Waals surface area contributed by atoms with Gasteiger partial charge in [-0.25, -0.2) is 4.98 Å². The van der Waals surface area contributed by atoms with Crippen molar-refractivity contribution in [2.24, 2.45) is 5.92 Å². The summed E-state index contributed by atoms with van der Waals surface area (Å²) in [4.78, 5) is 33.8. The molecule has 26 heavy (non-hydrogen) atoms. The summed E-state index contributed by atoms with van der Waals surface area (Å²) in [6.45, 7) is 8.74. The first-order chi connectivity index (χ1) is 12.3. The summed E-state index contributed by atoms with van der Waals surface area (Å²) in [5.41, 5.74) is 0.990. The Morgan fingerprint density at radius 1 is 1.42 bits per heavy atom. The van der Waals surface area contributed by atoms with Crippen LogP contribution in [-0.2, 0) is 16.0 Å². The van der Waals surface area contributed by atoms with E-state index in [0.29, 0.717) is 23.1 Å². The Balaban J connectivity index is 2.14. The fourth-order valence-electron chi connectivity index (χ4n) is 2.70. The van der Waals surface area contributed by atoms with Crippen LogP contribution in [0.5, 0.6) is 0 Å². The minimum atomic E-state index is -0.117. The molecule has 2 N–H and O–H groups in total. The Labute approximate surface area is 162 Å². The van der Waals surface area contributed by atoms with Crippen LogP contribution in [0.15, 0.2) is 9.95 Å². The standard InChI is InChI=1S/C18H27N3O3S2/c1-6-10(2)7-13-12(4)26-17-15(13)16(23)20-18(21-17)25-9-14(22)19-11(3)8-24-5/h10-11H,6-9H2,1-5H3,(H,19,22)(H,20,21,23)/t10-,11-/m0/s1. The maximum absolute atomic E-state index is 12.6. The van der Waals surface area contributed by atoms with E-state index >= 15 is 0 Å². The van der Waals surface area contributed by atoms with Gasteiger partial charge in [0.05, 0.1) is 17.7 Å². The van der Waals surface area contributed by atoms with E-state index in [0.717, 1.165) is 28.1 Å². The summed E-state index contributed by atoms with van der Waals surface area (Å²) in [5, 5.41) is 4.03. The topological polar surface area (TPSA) is 84.1 Å². The van der Waals surface area contributed by atoms with Crippen molar-refractivity contribution >= 4 is 39.2 Å². The average Bonchev–Trinajstić information content (AvgIpc) is 2.89. The van der Waals surface area contributed by atoms with Gasteiger partial charge in [0.15, 0.2) is 5.16 Å². The van der Waals surface area contributed by atoms with Crippen LogP contribution in [0.4, 0.5) is 0 Å². The summed E-state index contributed by atoms with van der Waals surface area (Å²) < 4.78 is 5.00. The number of thiophene rings is 1. The molecule has 0 spiro atoms. The van der Waals surface area contributed by atoms with Gasteiger partial charge < -0.3 is 15.0 Å². The zero-order valence-electron chi connectivity index (χ0n) is 16.0. The number of ether oxygens (including phenoxy) is 1. The number of thioether (sulfide) groups is 1. The molecule has 2 heterocycles. The summed E-state index contributed by atoms with van der Waals surface area (Å²) in [7, 11) is 1.60. The second-order valence-corrected chi connectivity index (χ2v) is 8.79. The molecule has 0 saturated carbocycles. The Kier molecular flexibility index (Phi) is 7.67.